The van der Waals surface area contributed by atoms with Crippen LogP contribution in [0, 0.1) is 0 Å². The molecule has 1 amide bonds. The third-order valence-electron chi connectivity index (χ3n) is 3.23. The lowest BCUT2D eigenvalue weighted by molar-refractivity contribution is -0.131. The van der Waals surface area contributed by atoms with Gasteiger partial charge in [0.1, 0.15) is 17.6 Å². The highest BCUT2D eigenvalue weighted by Gasteiger charge is 2.20. The monoisotopic (exact) mass is 315 g/mol. The Kier molecular flexibility index (Phi) is 5.14. The van der Waals surface area contributed by atoms with E-state index in [9.17, 15) is 9.59 Å². The van der Waals surface area contributed by atoms with Gasteiger partial charge in [0, 0.05) is 31.6 Å². The van der Waals surface area contributed by atoms with Crippen molar-refractivity contribution in [2.75, 3.05) is 7.11 Å². The largest absolute Gasteiger partial charge is 0.497 e. The van der Waals surface area contributed by atoms with E-state index in [2.05, 4.69) is 10.3 Å². The summed E-state index contributed by atoms with van der Waals surface area (Å²) < 4.78 is 6.91. The molecule has 120 valence electrons. The van der Waals surface area contributed by atoms with Gasteiger partial charge < -0.3 is 19.7 Å². The normalized spacial score (nSPS) is 12.1. The molecule has 1 unspecified atom stereocenters. The fourth-order valence-electron chi connectivity index (χ4n) is 2.09. The second-order valence-electron chi connectivity index (χ2n) is 4.78. The number of imidazole rings is 1. The Morgan fingerprint density at radius 2 is 2.00 bits per heavy atom. The molecule has 0 aliphatic rings. The number of nitrogens with one attached hydrogen (secondary N) is 1. The number of hydrogen-bond acceptors (Lipinski definition) is 4. The lowest BCUT2D eigenvalue weighted by atomic mass is 10.1. The molecule has 2 aromatic rings. The minimum absolute atomic E-state index is 0.508. The molecule has 0 bridgehead atoms. The molecule has 1 aromatic carbocycles. The van der Waals surface area contributed by atoms with E-state index >= 15 is 0 Å². The maximum absolute atomic E-state index is 11.9. The van der Waals surface area contributed by atoms with Crippen molar-refractivity contribution in [3.05, 3.63) is 60.2 Å². The van der Waals surface area contributed by atoms with E-state index in [1.807, 2.05) is 19.2 Å². The van der Waals surface area contributed by atoms with Gasteiger partial charge in [-0.3, -0.25) is 4.79 Å². The predicted octanol–water partition coefficient (Wildman–Crippen LogP) is 1.28. The first kappa shape index (κ1) is 16.3. The van der Waals surface area contributed by atoms with Crippen LogP contribution in [0.3, 0.4) is 0 Å². The van der Waals surface area contributed by atoms with E-state index in [4.69, 9.17) is 9.84 Å². The van der Waals surface area contributed by atoms with Gasteiger partial charge >= 0.3 is 5.97 Å². The molecule has 0 aliphatic heterocycles. The molecule has 0 saturated heterocycles. The summed E-state index contributed by atoms with van der Waals surface area (Å²) in [6.07, 6.45) is 5.16. The number of nitrogens with zero attached hydrogens (tertiary/aromatic N) is 2. The smallest absolute Gasteiger partial charge is 0.328 e. The van der Waals surface area contributed by atoms with E-state index < -0.39 is 17.9 Å². The van der Waals surface area contributed by atoms with E-state index in [1.54, 1.807) is 36.2 Å². The van der Waals surface area contributed by atoms with Crippen molar-refractivity contribution in [3.8, 4) is 5.75 Å². The summed E-state index contributed by atoms with van der Waals surface area (Å²) in [5, 5.41) is 11.4. The number of carboxylic acid groups (broad SMARTS) is 1. The third-order valence-corrected chi connectivity index (χ3v) is 3.23. The van der Waals surface area contributed by atoms with Crippen molar-refractivity contribution in [3.63, 3.8) is 0 Å². The zero-order chi connectivity index (χ0) is 16.8. The Balaban J connectivity index is 2.30. The second kappa shape index (κ2) is 7.26. The van der Waals surface area contributed by atoms with Crippen molar-refractivity contribution in [2.24, 2.45) is 7.05 Å². The Morgan fingerprint density at radius 1 is 1.30 bits per heavy atom. The van der Waals surface area contributed by atoms with Crippen LogP contribution in [0.2, 0.25) is 0 Å². The molecule has 0 aliphatic carbocycles. The molecule has 1 atom stereocenters. The molecular formula is C16H17N3O4. The fourth-order valence-corrected chi connectivity index (χ4v) is 2.09. The first-order valence-electron chi connectivity index (χ1n) is 6.84. The van der Waals surface area contributed by atoms with Crippen LogP contribution in [-0.4, -0.2) is 33.6 Å². The van der Waals surface area contributed by atoms with Gasteiger partial charge in [0.2, 0.25) is 5.91 Å². The minimum Gasteiger partial charge on any atom is -0.497 e. The average molecular weight is 315 g/mol. The Bertz CT molecular complexity index is 719. The van der Waals surface area contributed by atoms with Crippen molar-refractivity contribution >= 4 is 11.9 Å². The number of benzene rings is 1. The van der Waals surface area contributed by atoms with Crippen LogP contribution >= 0.6 is 0 Å². The highest BCUT2D eigenvalue weighted by atomic mass is 16.5. The molecule has 2 rings (SSSR count). The van der Waals surface area contributed by atoms with Gasteiger partial charge in [-0.05, 0) is 17.7 Å². The number of ether oxygens (including phenoxy) is 1. The van der Waals surface area contributed by atoms with Gasteiger partial charge in [0.25, 0.3) is 0 Å². The second-order valence-corrected chi connectivity index (χ2v) is 4.78. The topological polar surface area (TPSA) is 93.4 Å². The maximum Gasteiger partial charge on any atom is 0.328 e. The van der Waals surface area contributed by atoms with Gasteiger partial charge in [-0.1, -0.05) is 12.1 Å². The Labute approximate surface area is 133 Å². The van der Waals surface area contributed by atoms with Crippen molar-refractivity contribution in [2.45, 2.75) is 6.04 Å². The predicted molar refractivity (Wildman–Crippen MR) is 83.0 cm³/mol. The van der Waals surface area contributed by atoms with Gasteiger partial charge in [0.15, 0.2) is 0 Å². The summed E-state index contributed by atoms with van der Waals surface area (Å²) in [7, 11) is 3.39. The van der Waals surface area contributed by atoms with Crippen molar-refractivity contribution < 1.29 is 19.4 Å². The molecule has 23 heavy (non-hydrogen) atoms. The fraction of sp³-hybridized carbons (Fsp3) is 0.188. The van der Waals surface area contributed by atoms with Crippen LogP contribution in [-0.2, 0) is 16.6 Å². The summed E-state index contributed by atoms with van der Waals surface area (Å²) in [6.45, 7) is 0. The number of aromatic nitrogens is 2. The number of amides is 1. The molecule has 2 N–H and O–H groups in total. The van der Waals surface area contributed by atoms with Crippen LogP contribution in [0.4, 0.5) is 0 Å². The number of rotatable bonds is 6. The summed E-state index contributed by atoms with van der Waals surface area (Å²) in [5.74, 6) is -0.369. The molecule has 0 radical (unpaired) electrons. The van der Waals surface area contributed by atoms with Crippen LogP contribution in [0.15, 0.2) is 48.8 Å². The SMILES string of the molecule is COc1ccc(C(NC(=O)/C=C\C(=O)O)c2nccn2C)cc1. The number of carbonyl (C=O) groups is 2. The van der Waals surface area contributed by atoms with E-state index in [1.165, 1.54) is 0 Å². The molecule has 0 saturated carbocycles. The zero-order valence-corrected chi connectivity index (χ0v) is 12.8. The number of aryl methyl sites for hydroxylation is 1. The van der Waals surface area contributed by atoms with E-state index in [0.29, 0.717) is 11.6 Å². The quantitative estimate of drug-likeness (QED) is 0.783. The lowest BCUT2D eigenvalue weighted by Crippen LogP contribution is -2.29. The Hall–Kier alpha value is -3.09. The summed E-state index contributed by atoms with van der Waals surface area (Å²) in [6, 6.07) is 6.69. The van der Waals surface area contributed by atoms with Crippen molar-refractivity contribution in [1.82, 2.24) is 14.9 Å². The summed E-state index contributed by atoms with van der Waals surface area (Å²) >= 11 is 0. The van der Waals surface area contributed by atoms with Gasteiger partial charge in [-0.25, -0.2) is 9.78 Å². The first-order valence-corrected chi connectivity index (χ1v) is 6.84. The Morgan fingerprint density at radius 3 is 2.52 bits per heavy atom. The lowest BCUT2D eigenvalue weighted by Gasteiger charge is -2.18. The highest BCUT2D eigenvalue weighted by Crippen LogP contribution is 2.22. The highest BCUT2D eigenvalue weighted by molar-refractivity contribution is 5.94. The number of hydrogen-bond donors (Lipinski definition) is 2. The van der Waals surface area contributed by atoms with Crippen LogP contribution < -0.4 is 10.1 Å². The molecule has 7 heteroatoms. The number of methoxy groups -OCH3 is 1. The van der Waals surface area contributed by atoms with Crippen molar-refractivity contribution in [1.29, 1.82) is 0 Å². The van der Waals surface area contributed by atoms with E-state index in [-0.39, 0.29) is 0 Å². The van der Waals surface area contributed by atoms with Gasteiger partial charge in [0.05, 0.1) is 7.11 Å². The standard InChI is InChI=1S/C16H17N3O4/c1-19-10-9-17-16(19)15(18-13(20)7-8-14(21)22)11-3-5-12(23-2)6-4-11/h3-10,15H,1-2H3,(H,18,20)(H,21,22)/b8-7-. The molecule has 0 fully saturated rings. The summed E-state index contributed by atoms with van der Waals surface area (Å²) in [4.78, 5) is 26.7. The van der Waals surface area contributed by atoms with Gasteiger partial charge in [-0.15, -0.1) is 0 Å². The van der Waals surface area contributed by atoms with Crippen LogP contribution in [0.5, 0.6) is 5.75 Å². The number of carboxylic acids is 1. The number of aliphatic carboxylic acids is 1. The zero-order valence-electron chi connectivity index (χ0n) is 12.8. The molecule has 1 heterocycles. The average Bonchev–Trinajstić information content (AvgIpc) is 2.96. The van der Waals surface area contributed by atoms with Gasteiger partial charge in [-0.2, -0.15) is 0 Å². The molecular weight excluding hydrogens is 298 g/mol. The number of carbonyl (C=O) groups excluding carboxylic acids is 1. The van der Waals surface area contributed by atoms with Crippen LogP contribution in [0.25, 0.3) is 0 Å². The van der Waals surface area contributed by atoms with E-state index in [0.717, 1.165) is 17.7 Å². The summed E-state index contributed by atoms with van der Waals surface area (Å²) in [5.41, 5.74) is 0.803. The first-order chi connectivity index (χ1) is 11.0. The molecule has 7 nitrogen and oxygen atoms in total. The van der Waals surface area contributed by atoms with Crippen LogP contribution in [0.1, 0.15) is 17.4 Å². The molecule has 1 aromatic heterocycles. The minimum atomic E-state index is -1.18. The molecule has 0 spiro atoms. The maximum atomic E-state index is 11.9. The third kappa shape index (κ3) is 4.19.